The van der Waals surface area contributed by atoms with E-state index in [1.807, 2.05) is 20.8 Å². The van der Waals surface area contributed by atoms with E-state index in [2.05, 4.69) is 41.5 Å². The van der Waals surface area contributed by atoms with Crippen LogP contribution in [0.4, 0.5) is 0 Å². The van der Waals surface area contributed by atoms with E-state index >= 15 is 0 Å². The van der Waals surface area contributed by atoms with Gasteiger partial charge in [-0.25, -0.2) is 0 Å². The van der Waals surface area contributed by atoms with Gasteiger partial charge in [0.25, 0.3) is 0 Å². The Bertz CT molecular complexity index is 714. The largest absolute Gasteiger partial charge is 3.00 e. The van der Waals surface area contributed by atoms with Gasteiger partial charge >= 0.3 is 40.8 Å². The third-order valence-electron chi connectivity index (χ3n) is 12.4. The number of hydrogen-bond donors (Lipinski definition) is 0. The van der Waals surface area contributed by atoms with Crippen molar-refractivity contribution in [3.05, 3.63) is 0 Å². The van der Waals surface area contributed by atoms with Gasteiger partial charge in [0.15, 0.2) is 0 Å². The van der Waals surface area contributed by atoms with Gasteiger partial charge in [0.1, 0.15) is 0 Å². The zero-order chi connectivity index (χ0) is 41.6. The smallest absolute Gasteiger partial charge is 0.550 e. The summed E-state index contributed by atoms with van der Waals surface area (Å²) >= 11 is 0. The van der Waals surface area contributed by atoms with Gasteiger partial charge in [0.2, 0.25) is 0 Å². The Hall–Kier alpha value is -0.239. The predicted octanol–water partition coefficient (Wildman–Crippen LogP) is 12.2. The number of carboxylic acid groups (broad SMARTS) is 3. The first-order valence-corrected chi connectivity index (χ1v) is 23.5. The molecule has 325 valence electrons. The molecule has 6 nitrogen and oxygen atoms in total. The summed E-state index contributed by atoms with van der Waals surface area (Å²) in [5.41, 5.74) is -1.66. The zero-order valence-corrected chi connectivity index (χ0v) is 41.5. The second-order valence-corrected chi connectivity index (χ2v) is 16.6. The molecule has 0 N–H and O–H groups in total. The average Bonchev–Trinajstić information content (AvgIpc) is 3.16. The first kappa shape index (κ1) is 61.4. The number of aliphatic carboxylic acids is 3. The molecule has 7 heteroatoms. The molecule has 0 rings (SSSR count). The van der Waals surface area contributed by atoms with Crippen molar-refractivity contribution >= 4 is 17.9 Å². The maximum Gasteiger partial charge on any atom is 3.00 e. The van der Waals surface area contributed by atoms with Crippen LogP contribution < -0.4 is 15.3 Å². The Labute approximate surface area is 376 Å². The Kier molecular flexibility index (Phi) is 46.8. The fraction of sp³-hybridized carbons (Fsp3) is 0.938. The van der Waals surface area contributed by atoms with Gasteiger partial charge in [-0.1, -0.05) is 216 Å². The van der Waals surface area contributed by atoms with Crippen molar-refractivity contribution in [2.24, 2.45) is 16.2 Å². The van der Waals surface area contributed by atoms with Crippen LogP contribution in [0.2, 0.25) is 0 Å². The van der Waals surface area contributed by atoms with Crippen LogP contribution in [0.3, 0.4) is 0 Å². The van der Waals surface area contributed by atoms with E-state index < -0.39 is 34.2 Å². The molecular weight excluding hydrogens is 817 g/mol. The number of unbranched alkanes of at least 4 members (excludes halogenated alkanes) is 18. The molecule has 0 saturated heterocycles. The van der Waals surface area contributed by atoms with Gasteiger partial charge in [0, 0.05) is 34.2 Å². The van der Waals surface area contributed by atoms with Crippen LogP contribution >= 0.6 is 0 Å². The van der Waals surface area contributed by atoms with Crippen molar-refractivity contribution in [2.75, 3.05) is 0 Å². The Morgan fingerprint density at radius 1 is 0.291 bits per heavy atom. The van der Waals surface area contributed by atoms with Gasteiger partial charge in [0.05, 0.1) is 0 Å². The van der Waals surface area contributed by atoms with Crippen LogP contribution in [-0.2, 0) is 14.4 Å². The summed E-state index contributed by atoms with van der Waals surface area (Å²) in [4.78, 5) is 34.4. The molecule has 0 aromatic carbocycles. The van der Waals surface area contributed by atoms with Crippen molar-refractivity contribution in [3.8, 4) is 0 Å². The first-order valence-electron chi connectivity index (χ1n) is 23.5. The Balaban J connectivity index is -0.000000351. The van der Waals surface area contributed by atoms with Gasteiger partial charge in [-0.05, 0) is 57.8 Å². The molecule has 0 spiro atoms. The quantitative estimate of drug-likeness (QED) is 0.0577. The van der Waals surface area contributed by atoms with Gasteiger partial charge in [-0.2, -0.15) is 0 Å². The molecule has 0 aliphatic heterocycles. The molecule has 55 heavy (non-hydrogen) atoms. The fourth-order valence-corrected chi connectivity index (χ4v) is 7.82. The molecule has 0 fully saturated rings. The minimum Gasteiger partial charge on any atom is -0.550 e. The van der Waals surface area contributed by atoms with E-state index in [9.17, 15) is 29.7 Å². The molecule has 0 aliphatic rings. The van der Waals surface area contributed by atoms with E-state index in [0.717, 1.165) is 116 Å². The number of carboxylic acids is 3. The molecule has 0 aliphatic carbocycles. The molecule has 0 aromatic heterocycles. The second-order valence-electron chi connectivity index (χ2n) is 16.6. The normalized spacial score (nSPS) is 11.5. The summed E-state index contributed by atoms with van der Waals surface area (Å²) in [5.74, 6) is -2.46. The minimum absolute atomic E-state index is 0. The maximum atomic E-state index is 11.5. The van der Waals surface area contributed by atoms with Crippen molar-refractivity contribution in [1.82, 2.24) is 0 Å². The van der Waals surface area contributed by atoms with Gasteiger partial charge < -0.3 is 29.7 Å². The van der Waals surface area contributed by atoms with Crippen LogP contribution in [0.1, 0.15) is 274 Å². The summed E-state index contributed by atoms with van der Waals surface area (Å²) in [7, 11) is 0. The fourth-order valence-electron chi connectivity index (χ4n) is 7.82. The zero-order valence-electron chi connectivity index (χ0n) is 38.3. The third-order valence-corrected chi connectivity index (χ3v) is 12.4. The van der Waals surface area contributed by atoms with Gasteiger partial charge in [-0.3, -0.25) is 0 Å². The molecule has 0 atom stereocenters. The number of hydrogen-bond acceptors (Lipinski definition) is 6. The SMILES string of the molecule is CCCCCCC(CC)(CCCCCC)C(=O)[O-].CCCCCCC(CC)(CCCCCC)C(=O)[O-].CCCCCCC(CC)(CCCCCC)C(=O)[O-].[Nd+3]. The topological polar surface area (TPSA) is 120 Å². The van der Waals surface area contributed by atoms with E-state index in [-0.39, 0.29) is 40.8 Å². The van der Waals surface area contributed by atoms with Crippen molar-refractivity contribution in [1.29, 1.82) is 0 Å². The van der Waals surface area contributed by atoms with Crippen LogP contribution in [0, 0.1) is 57.1 Å². The summed E-state index contributed by atoms with van der Waals surface area (Å²) in [6, 6.07) is 0. The average molecular weight is 911 g/mol. The summed E-state index contributed by atoms with van der Waals surface area (Å²) in [6.07, 6.45) is 34.5. The third kappa shape index (κ3) is 30.5. The van der Waals surface area contributed by atoms with E-state index in [1.54, 1.807) is 0 Å². The Morgan fingerprint density at radius 2 is 0.436 bits per heavy atom. The molecule has 0 heterocycles. The van der Waals surface area contributed by atoms with Crippen molar-refractivity contribution in [2.45, 2.75) is 274 Å². The summed E-state index contributed by atoms with van der Waals surface area (Å²) in [6.45, 7) is 19.0. The minimum atomic E-state index is -0.821. The monoisotopic (exact) mass is 908 g/mol. The molecule has 1 radical (unpaired) electrons. The standard InChI is InChI=1S/3C16H32O2.Nd/c3*1-4-7-9-11-13-16(6-3,15(17)18)14-12-10-8-5-2;/h3*4-14H2,1-3H3,(H,17,18);/q;;;+3/p-3. The van der Waals surface area contributed by atoms with Gasteiger partial charge in [-0.15, -0.1) is 0 Å². The van der Waals surface area contributed by atoms with Crippen LogP contribution in [0.5, 0.6) is 0 Å². The van der Waals surface area contributed by atoms with Crippen LogP contribution in [0.15, 0.2) is 0 Å². The number of carbonyl (C=O) groups is 3. The summed E-state index contributed by atoms with van der Waals surface area (Å²) in [5, 5.41) is 34.4. The maximum absolute atomic E-state index is 11.5. The molecule has 0 aromatic rings. The summed E-state index contributed by atoms with van der Waals surface area (Å²) < 4.78 is 0. The first-order chi connectivity index (χ1) is 25.9. The molecule has 0 amide bonds. The number of carbonyl (C=O) groups excluding carboxylic acids is 3. The molecule has 0 bridgehead atoms. The second kappa shape index (κ2) is 41.9. The predicted molar refractivity (Wildman–Crippen MR) is 226 cm³/mol. The van der Waals surface area contributed by atoms with E-state index in [4.69, 9.17) is 0 Å². The van der Waals surface area contributed by atoms with Crippen LogP contribution in [-0.4, -0.2) is 17.9 Å². The number of rotatable bonds is 36. The van der Waals surface area contributed by atoms with Crippen molar-refractivity contribution < 1.29 is 70.5 Å². The Morgan fingerprint density at radius 3 is 0.527 bits per heavy atom. The van der Waals surface area contributed by atoms with E-state index in [1.165, 1.54) is 77.0 Å². The van der Waals surface area contributed by atoms with Crippen LogP contribution in [0.25, 0.3) is 0 Å². The molecule has 0 saturated carbocycles. The van der Waals surface area contributed by atoms with Crippen molar-refractivity contribution in [3.63, 3.8) is 0 Å². The molecule has 0 unspecified atom stereocenters. The van der Waals surface area contributed by atoms with E-state index in [0.29, 0.717) is 19.3 Å². The molecular formula is C48H93NdO6.